The largest absolute Gasteiger partial charge is 0.375 e. The fourth-order valence-corrected chi connectivity index (χ4v) is 2.17. The number of nitrogens with two attached hydrogens (primary N) is 1. The van der Waals surface area contributed by atoms with Crippen LogP contribution in [0.4, 0.5) is 10.8 Å². The Hall–Kier alpha value is -1.59. The van der Waals surface area contributed by atoms with Crippen molar-refractivity contribution in [3.63, 3.8) is 0 Å². The molecule has 0 spiro atoms. The minimum Gasteiger partial charge on any atom is -0.375 e. The second kappa shape index (κ2) is 4.73. The Bertz CT molecular complexity index is 547. The van der Waals surface area contributed by atoms with Crippen molar-refractivity contribution in [3.05, 3.63) is 39.9 Å². The van der Waals surface area contributed by atoms with Crippen molar-refractivity contribution in [1.29, 1.82) is 0 Å². The number of hydrogen-bond donors (Lipinski definition) is 2. The van der Waals surface area contributed by atoms with Crippen LogP contribution in [-0.4, -0.2) is 10.9 Å². The van der Waals surface area contributed by atoms with Crippen molar-refractivity contribution in [2.75, 3.05) is 11.1 Å². The van der Waals surface area contributed by atoms with E-state index in [4.69, 9.17) is 17.3 Å². The number of aryl methyl sites for hydroxylation is 1. The topological polar surface area (TPSA) is 68.0 Å². The third-order valence-corrected chi connectivity index (χ3v) is 3.20. The first kappa shape index (κ1) is 11.9. The number of rotatable bonds is 2. The third-order valence-electron chi connectivity index (χ3n) is 2.22. The van der Waals surface area contributed by atoms with Crippen molar-refractivity contribution in [1.82, 2.24) is 4.98 Å². The molecule has 1 aromatic heterocycles. The zero-order chi connectivity index (χ0) is 12.4. The molecule has 0 radical (unpaired) electrons. The van der Waals surface area contributed by atoms with Crippen molar-refractivity contribution in [2.24, 2.45) is 0 Å². The Kier molecular flexibility index (Phi) is 3.31. The first-order valence-corrected chi connectivity index (χ1v) is 6.11. The van der Waals surface area contributed by atoms with Gasteiger partial charge in [-0.15, -0.1) is 11.3 Å². The fourth-order valence-electron chi connectivity index (χ4n) is 1.36. The summed E-state index contributed by atoms with van der Waals surface area (Å²) in [6, 6.07) is 5.42. The zero-order valence-electron chi connectivity index (χ0n) is 9.03. The van der Waals surface area contributed by atoms with E-state index >= 15 is 0 Å². The van der Waals surface area contributed by atoms with Crippen LogP contribution in [0.15, 0.2) is 23.6 Å². The predicted molar refractivity (Wildman–Crippen MR) is 70.7 cm³/mol. The molecule has 0 aliphatic carbocycles. The molecule has 1 heterocycles. The fraction of sp³-hybridized carbons (Fsp3) is 0.0909. The molecule has 0 fully saturated rings. The highest BCUT2D eigenvalue weighted by molar-refractivity contribution is 7.13. The Morgan fingerprint density at radius 2 is 2.29 bits per heavy atom. The van der Waals surface area contributed by atoms with Gasteiger partial charge in [0.25, 0.3) is 5.91 Å². The maximum absolute atomic E-state index is 11.9. The number of amides is 1. The predicted octanol–water partition coefficient (Wildman–Crippen LogP) is 2.94. The third kappa shape index (κ3) is 2.57. The number of benzene rings is 1. The van der Waals surface area contributed by atoms with Gasteiger partial charge in [-0.3, -0.25) is 4.79 Å². The minimum atomic E-state index is -0.311. The highest BCUT2D eigenvalue weighted by Crippen LogP contribution is 2.26. The van der Waals surface area contributed by atoms with E-state index < -0.39 is 0 Å². The minimum absolute atomic E-state index is 0.298. The van der Waals surface area contributed by atoms with Crippen LogP contribution in [0.25, 0.3) is 0 Å². The smallest absolute Gasteiger partial charge is 0.275 e. The molecule has 2 rings (SSSR count). The van der Waals surface area contributed by atoms with E-state index in [1.54, 1.807) is 11.4 Å². The van der Waals surface area contributed by atoms with Crippen molar-refractivity contribution in [3.8, 4) is 0 Å². The summed E-state index contributed by atoms with van der Waals surface area (Å²) in [6.07, 6.45) is 0. The number of para-hydroxylation sites is 1. The molecule has 0 bridgehead atoms. The molecule has 0 saturated carbocycles. The Labute approximate surface area is 107 Å². The van der Waals surface area contributed by atoms with Crippen LogP contribution < -0.4 is 11.1 Å². The van der Waals surface area contributed by atoms with Gasteiger partial charge in [-0.2, -0.15) is 0 Å². The summed E-state index contributed by atoms with van der Waals surface area (Å²) < 4.78 is 0. The van der Waals surface area contributed by atoms with Gasteiger partial charge in [0, 0.05) is 5.38 Å². The first-order chi connectivity index (χ1) is 8.08. The molecular formula is C11H10ClN3OS. The number of hydrogen-bond acceptors (Lipinski definition) is 4. The number of nitrogens with zero attached hydrogens (tertiary/aromatic N) is 1. The summed E-state index contributed by atoms with van der Waals surface area (Å²) in [5, 5.41) is 5.20. The molecule has 2 aromatic rings. The molecule has 88 valence electrons. The molecule has 6 heteroatoms. The van der Waals surface area contributed by atoms with E-state index in [9.17, 15) is 4.79 Å². The number of carbonyl (C=O) groups is 1. The van der Waals surface area contributed by atoms with Gasteiger partial charge in [0.05, 0.1) is 10.7 Å². The maximum atomic E-state index is 11.9. The van der Waals surface area contributed by atoms with E-state index in [2.05, 4.69) is 10.3 Å². The van der Waals surface area contributed by atoms with Gasteiger partial charge in [-0.05, 0) is 18.6 Å². The molecule has 3 N–H and O–H groups in total. The maximum Gasteiger partial charge on any atom is 0.275 e. The average molecular weight is 268 g/mol. The van der Waals surface area contributed by atoms with Crippen LogP contribution in [0.5, 0.6) is 0 Å². The lowest BCUT2D eigenvalue weighted by Gasteiger charge is -2.08. The second-order valence-electron chi connectivity index (χ2n) is 3.46. The Balaban J connectivity index is 2.24. The van der Waals surface area contributed by atoms with Gasteiger partial charge in [0.2, 0.25) is 0 Å². The Morgan fingerprint density at radius 1 is 1.53 bits per heavy atom. The molecule has 4 nitrogen and oxygen atoms in total. The molecule has 0 atom stereocenters. The number of nitrogens with one attached hydrogen (secondary N) is 1. The number of anilines is 2. The lowest BCUT2D eigenvalue weighted by molar-refractivity contribution is 0.102. The van der Waals surface area contributed by atoms with Crippen LogP contribution >= 0.6 is 22.9 Å². The van der Waals surface area contributed by atoms with Crippen molar-refractivity contribution in [2.45, 2.75) is 6.92 Å². The summed E-state index contributed by atoms with van der Waals surface area (Å²) in [5.41, 5.74) is 7.27. The summed E-state index contributed by atoms with van der Waals surface area (Å²) in [6.45, 7) is 1.87. The van der Waals surface area contributed by atoms with E-state index in [1.165, 1.54) is 11.3 Å². The van der Waals surface area contributed by atoms with Gasteiger partial charge in [-0.1, -0.05) is 23.7 Å². The standard InChI is InChI=1S/C11H10ClN3OS/c1-6-3-2-4-7(12)9(6)15-10(16)8-5-17-11(13)14-8/h2-5H,1H3,(H2,13,14)(H,15,16). The zero-order valence-corrected chi connectivity index (χ0v) is 10.6. The average Bonchev–Trinajstić information content (AvgIpc) is 2.70. The van der Waals surface area contributed by atoms with Crippen LogP contribution in [-0.2, 0) is 0 Å². The van der Waals surface area contributed by atoms with E-state index in [0.717, 1.165) is 5.56 Å². The molecule has 0 aliphatic rings. The van der Waals surface area contributed by atoms with Crippen molar-refractivity contribution < 1.29 is 4.79 Å². The molecule has 0 aliphatic heterocycles. The van der Waals surface area contributed by atoms with Crippen LogP contribution in [0.3, 0.4) is 0 Å². The molecule has 17 heavy (non-hydrogen) atoms. The van der Waals surface area contributed by atoms with E-state index in [-0.39, 0.29) is 5.91 Å². The lowest BCUT2D eigenvalue weighted by Crippen LogP contribution is -2.13. The SMILES string of the molecule is Cc1cccc(Cl)c1NC(=O)c1csc(N)n1. The summed E-state index contributed by atoms with van der Waals surface area (Å²) in [5.74, 6) is -0.311. The quantitative estimate of drug-likeness (QED) is 0.879. The summed E-state index contributed by atoms with van der Waals surface area (Å²) >= 11 is 7.23. The highest BCUT2D eigenvalue weighted by Gasteiger charge is 2.12. The molecule has 1 amide bonds. The van der Waals surface area contributed by atoms with Crippen molar-refractivity contribution >= 4 is 39.7 Å². The molecule has 0 saturated heterocycles. The van der Waals surface area contributed by atoms with Gasteiger partial charge in [0.1, 0.15) is 5.69 Å². The van der Waals surface area contributed by atoms with Crippen LogP contribution in [0.2, 0.25) is 5.02 Å². The van der Waals surface area contributed by atoms with Gasteiger partial charge >= 0.3 is 0 Å². The summed E-state index contributed by atoms with van der Waals surface area (Å²) in [7, 11) is 0. The Morgan fingerprint density at radius 3 is 2.88 bits per heavy atom. The van der Waals surface area contributed by atoms with E-state index in [1.807, 2.05) is 19.1 Å². The lowest BCUT2D eigenvalue weighted by atomic mass is 10.2. The monoisotopic (exact) mass is 267 g/mol. The van der Waals surface area contributed by atoms with Gasteiger partial charge < -0.3 is 11.1 Å². The van der Waals surface area contributed by atoms with Crippen LogP contribution in [0, 0.1) is 6.92 Å². The number of aromatic nitrogens is 1. The van der Waals surface area contributed by atoms with Gasteiger partial charge in [0.15, 0.2) is 5.13 Å². The van der Waals surface area contributed by atoms with Gasteiger partial charge in [-0.25, -0.2) is 4.98 Å². The number of carbonyl (C=O) groups excluding carboxylic acids is 1. The summed E-state index contributed by atoms with van der Waals surface area (Å²) in [4.78, 5) is 15.8. The number of thiazole rings is 1. The molecule has 1 aromatic carbocycles. The normalized spacial score (nSPS) is 10.2. The highest BCUT2D eigenvalue weighted by atomic mass is 35.5. The second-order valence-corrected chi connectivity index (χ2v) is 4.75. The van der Waals surface area contributed by atoms with Crippen LogP contribution in [0.1, 0.15) is 16.1 Å². The van der Waals surface area contributed by atoms with E-state index in [0.29, 0.717) is 21.5 Å². The number of nitrogen functional groups attached to an aromatic ring is 1. The molecular weight excluding hydrogens is 258 g/mol. The molecule has 0 unspecified atom stereocenters. The first-order valence-electron chi connectivity index (χ1n) is 4.85. The number of halogens is 1.